The van der Waals surface area contributed by atoms with Crippen molar-refractivity contribution in [1.82, 2.24) is 0 Å². The van der Waals surface area contributed by atoms with Crippen molar-refractivity contribution in [3.05, 3.63) is 57.6 Å². The number of rotatable bonds is 6. The molecule has 0 aromatic heterocycles. The van der Waals surface area contributed by atoms with E-state index in [1.807, 2.05) is 6.07 Å². The van der Waals surface area contributed by atoms with Gasteiger partial charge in [-0.3, -0.25) is 4.79 Å². The first kappa shape index (κ1) is 20.3. The number of nitriles is 1. The zero-order valence-corrected chi connectivity index (χ0v) is 15.7. The maximum absolute atomic E-state index is 12.7. The van der Waals surface area contributed by atoms with E-state index >= 15 is 0 Å². The Bertz CT molecular complexity index is 854. The second kappa shape index (κ2) is 9.10. The van der Waals surface area contributed by atoms with E-state index in [9.17, 15) is 14.9 Å². The molecule has 0 unspecified atom stereocenters. The molecule has 0 saturated heterocycles. The molecule has 0 spiro atoms. The Morgan fingerprint density at radius 2 is 2.00 bits per heavy atom. The number of hydrogen-bond acceptors (Lipinski definition) is 7. The molecule has 27 heavy (non-hydrogen) atoms. The van der Waals surface area contributed by atoms with E-state index in [1.54, 1.807) is 38.1 Å². The Kier molecular flexibility index (Phi) is 6.85. The van der Waals surface area contributed by atoms with Crippen molar-refractivity contribution in [3.63, 3.8) is 0 Å². The van der Waals surface area contributed by atoms with Gasteiger partial charge >= 0.3 is 11.9 Å². The average Bonchev–Trinajstić information content (AvgIpc) is 2.61. The third-order valence-corrected chi connectivity index (χ3v) is 4.02. The summed E-state index contributed by atoms with van der Waals surface area (Å²) in [5.74, 6) is -2.36. The van der Waals surface area contributed by atoms with Gasteiger partial charge in [0.05, 0.1) is 24.7 Å². The molecule has 0 amide bonds. The first-order valence-corrected chi connectivity index (χ1v) is 8.69. The van der Waals surface area contributed by atoms with Crippen LogP contribution in [0.15, 0.2) is 47.1 Å². The predicted molar refractivity (Wildman–Crippen MR) is 97.0 cm³/mol. The fourth-order valence-electron chi connectivity index (χ4n) is 2.74. The first-order chi connectivity index (χ1) is 12.9. The molecule has 0 bridgehead atoms. The van der Waals surface area contributed by atoms with Crippen molar-refractivity contribution in [2.24, 2.45) is 5.73 Å². The Hall–Kier alpha value is -2.98. The Labute approximate surface area is 161 Å². The standard InChI is InChI=1S/C19H19ClN2O5/c1-3-25-15(23)9-14-17(19(24)26-4-2)16(13(10-21)18(22)27-14)11-6-5-7-12(20)8-11/h5-8,16H,3-4,9,22H2,1-2H3/t16-/m0/s1. The lowest BCUT2D eigenvalue weighted by Crippen LogP contribution is -2.27. The number of carbonyl (C=O) groups excluding carboxylic acids is 2. The molecule has 1 aromatic rings. The van der Waals surface area contributed by atoms with E-state index in [-0.39, 0.29) is 42.4 Å². The average molecular weight is 391 g/mol. The summed E-state index contributed by atoms with van der Waals surface area (Å²) in [6.45, 7) is 3.60. The van der Waals surface area contributed by atoms with Crippen LogP contribution in [0.2, 0.25) is 5.02 Å². The fraction of sp³-hybridized carbons (Fsp3) is 0.316. The van der Waals surface area contributed by atoms with Gasteiger partial charge in [0.2, 0.25) is 5.88 Å². The third kappa shape index (κ3) is 4.60. The Balaban J connectivity index is 2.64. The van der Waals surface area contributed by atoms with E-state index in [1.165, 1.54) is 0 Å². The number of nitrogens with zero attached hydrogens (tertiary/aromatic N) is 1. The van der Waals surface area contributed by atoms with E-state index < -0.39 is 17.9 Å². The van der Waals surface area contributed by atoms with Gasteiger partial charge in [-0.25, -0.2) is 4.79 Å². The summed E-state index contributed by atoms with van der Waals surface area (Å²) in [4.78, 5) is 24.6. The quantitative estimate of drug-likeness (QED) is 0.743. The molecule has 0 radical (unpaired) electrons. The molecule has 0 fully saturated rings. The summed E-state index contributed by atoms with van der Waals surface area (Å²) in [6, 6.07) is 8.64. The van der Waals surface area contributed by atoms with Crippen LogP contribution < -0.4 is 5.73 Å². The van der Waals surface area contributed by atoms with Gasteiger partial charge in [-0.15, -0.1) is 0 Å². The van der Waals surface area contributed by atoms with Crippen LogP contribution in [-0.2, 0) is 23.8 Å². The van der Waals surface area contributed by atoms with Gasteiger partial charge in [-0.05, 0) is 31.5 Å². The molecular formula is C19H19ClN2O5. The molecule has 0 aliphatic carbocycles. The lowest BCUT2D eigenvalue weighted by molar-refractivity contribution is -0.143. The SMILES string of the molecule is CCOC(=O)CC1=C(C(=O)OCC)[C@@H](c2cccc(Cl)c2)C(C#N)=C(N)O1. The smallest absolute Gasteiger partial charge is 0.338 e. The molecular weight excluding hydrogens is 372 g/mol. The number of allylic oxidation sites excluding steroid dienone is 1. The highest BCUT2D eigenvalue weighted by Gasteiger charge is 2.38. The van der Waals surface area contributed by atoms with Crippen LogP contribution in [0.1, 0.15) is 31.7 Å². The van der Waals surface area contributed by atoms with E-state index in [0.717, 1.165) is 0 Å². The third-order valence-electron chi connectivity index (χ3n) is 3.78. The maximum Gasteiger partial charge on any atom is 0.338 e. The molecule has 1 aliphatic rings. The minimum atomic E-state index is -0.870. The number of nitrogens with two attached hydrogens (primary N) is 1. The molecule has 142 valence electrons. The normalized spacial score (nSPS) is 16.4. The number of hydrogen-bond donors (Lipinski definition) is 1. The maximum atomic E-state index is 12.7. The van der Waals surface area contributed by atoms with Crippen molar-refractivity contribution in [2.75, 3.05) is 13.2 Å². The molecule has 0 saturated carbocycles. The highest BCUT2D eigenvalue weighted by atomic mass is 35.5. The van der Waals surface area contributed by atoms with E-state index in [4.69, 9.17) is 31.5 Å². The highest BCUT2D eigenvalue weighted by molar-refractivity contribution is 6.30. The monoisotopic (exact) mass is 390 g/mol. The second-order valence-electron chi connectivity index (χ2n) is 5.52. The topological polar surface area (TPSA) is 112 Å². The molecule has 2 rings (SSSR count). The summed E-state index contributed by atoms with van der Waals surface area (Å²) in [5.41, 5.74) is 6.51. The minimum absolute atomic E-state index is 0.00613. The summed E-state index contributed by atoms with van der Waals surface area (Å²) in [6.07, 6.45) is -0.321. The van der Waals surface area contributed by atoms with Crippen molar-refractivity contribution in [2.45, 2.75) is 26.2 Å². The molecule has 7 nitrogen and oxygen atoms in total. The van der Waals surface area contributed by atoms with Gasteiger partial charge in [0.15, 0.2) is 0 Å². The second-order valence-corrected chi connectivity index (χ2v) is 5.96. The molecule has 1 atom stereocenters. The first-order valence-electron chi connectivity index (χ1n) is 8.31. The molecule has 1 heterocycles. The van der Waals surface area contributed by atoms with Crippen LogP contribution >= 0.6 is 11.6 Å². The van der Waals surface area contributed by atoms with Crippen molar-refractivity contribution < 1.29 is 23.8 Å². The van der Waals surface area contributed by atoms with Gasteiger partial charge < -0.3 is 19.9 Å². The number of carbonyl (C=O) groups is 2. The predicted octanol–water partition coefficient (Wildman–Crippen LogP) is 2.92. The summed E-state index contributed by atoms with van der Waals surface area (Å²) in [7, 11) is 0. The zero-order valence-electron chi connectivity index (χ0n) is 15.0. The van der Waals surface area contributed by atoms with Gasteiger partial charge in [-0.1, -0.05) is 23.7 Å². The van der Waals surface area contributed by atoms with Crippen molar-refractivity contribution in [1.29, 1.82) is 5.26 Å². The van der Waals surface area contributed by atoms with Crippen LogP contribution in [0.5, 0.6) is 0 Å². The fourth-order valence-corrected chi connectivity index (χ4v) is 2.94. The molecule has 8 heteroatoms. The van der Waals surface area contributed by atoms with Crippen LogP contribution in [0.25, 0.3) is 0 Å². The van der Waals surface area contributed by atoms with Crippen molar-refractivity contribution in [3.8, 4) is 6.07 Å². The molecule has 1 aliphatic heterocycles. The summed E-state index contributed by atoms with van der Waals surface area (Å²) < 4.78 is 15.5. The van der Waals surface area contributed by atoms with E-state index in [0.29, 0.717) is 10.6 Å². The Morgan fingerprint density at radius 1 is 1.30 bits per heavy atom. The summed E-state index contributed by atoms with van der Waals surface area (Å²) in [5, 5.41) is 10.00. The Morgan fingerprint density at radius 3 is 2.59 bits per heavy atom. The number of ether oxygens (including phenoxy) is 3. The van der Waals surface area contributed by atoms with Crippen LogP contribution in [-0.4, -0.2) is 25.2 Å². The highest BCUT2D eigenvalue weighted by Crippen LogP contribution is 2.41. The number of esters is 2. The van der Waals surface area contributed by atoms with Crippen LogP contribution in [0, 0.1) is 11.3 Å². The van der Waals surface area contributed by atoms with Gasteiger partial charge in [-0.2, -0.15) is 5.26 Å². The summed E-state index contributed by atoms with van der Waals surface area (Å²) >= 11 is 6.07. The lowest BCUT2D eigenvalue weighted by Gasteiger charge is -2.28. The molecule has 1 aromatic carbocycles. The minimum Gasteiger partial charge on any atom is -0.466 e. The van der Waals surface area contributed by atoms with Gasteiger partial charge in [0.1, 0.15) is 23.8 Å². The molecule has 2 N–H and O–H groups in total. The van der Waals surface area contributed by atoms with Gasteiger partial charge in [0, 0.05) is 5.02 Å². The van der Waals surface area contributed by atoms with Crippen LogP contribution in [0.3, 0.4) is 0 Å². The number of halogens is 1. The zero-order chi connectivity index (χ0) is 20.0. The lowest BCUT2D eigenvalue weighted by atomic mass is 9.82. The largest absolute Gasteiger partial charge is 0.466 e. The van der Waals surface area contributed by atoms with Gasteiger partial charge in [0.25, 0.3) is 0 Å². The van der Waals surface area contributed by atoms with Crippen molar-refractivity contribution >= 4 is 23.5 Å². The van der Waals surface area contributed by atoms with Crippen LogP contribution in [0.4, 0.5) is 0 Å². The van der Waals surface area contributed by atoms with E-state index in [2.05, 4.69) is 0 Å². The number of benzene rings is 1.